The van der Waals surface area contributed by atoms with Crippen LogP contribution >= 0.6 is 24.0 Å². The van der Waals surface area contributed by atoms with Gasteiger partial charge in [-0.2, -0.15) is 0 Å². The monoisotopic (exact) mass is 497 g/mol. The number of morpholine rings is 1. The molecule has 0 bridgehead atoms. The zero-order chi connectivity index (χ0) is 18.9. The minimum absolute atomic E-state index is 0. The van der Waals surface area contributed by atoms with Crippen molar-refractivity contribution in [2.24, 2.45) is 12.0 Å². The Morgan fingerprint density at radius 3 is 2.54 bits per heavy atom. The number of halogens is 1. The van der Waals surface area contributed by atoms with E-state index in [9.17, 15) is 0 Å². The SMILES string of the molecule is CCNC(=NCc1ccn(C)c1)NCc1ccccc1CN1CCOCC1.I. The topological polar surface area (TPSA) is 53.8 Å². The normalized spacial score (nSPS) is 15.1. The lowest BCUT2D eigenvalue weighted by Gasteiger charge is -2.27. The second kappa shape index (κ2) is 12.1. The van der Waals surface area contributed by atoms with Gasteiger partial charge in [0.05, 0.1) is 19.8 Å². The summed E-state index contributed by atoms with van der Waals surface area (Å²) in [6.45, 7) is 9.01. The van der Waals surface area contributed by atoms with Crippen molar-refractivity contribution < 1.29 is 4.74 Å². The van der Waals surface area contributed by atoms with Gasteiger partial charge in [0.25, 0.3) is 0 Å². The van der Waals surface area contributed by atoms with Gasteiger partial charge in [-0.1, -0.05) is 24.3 Å². The van der Waals surface area contributed by atoms with Crippen molar-refractivity contribution in [1.29, 1.82) is 0 Å². The molecule has 0 aliphatic carbocycles. The average molecular weight is 497 g/mol. The summed E-state index contributed by atoms with van der Waals surface area (Å²) in [5.74, 6) is 0.850. The molecule has 0 saturated carbocycles. The summed E-state index contributed by atoms with van der Waals surface area (Å²) in [5.41, 5.74) is 3.89. The largest absolute Gasteiger partial charge is 0.379 e. The van der Waals surface area contributed by atoms with E-state index in [0.29, 0.717) is 6.54 Å². The van der Waals surface area contributed by atoms with Gasteiger partial charge >= 0.3 is 0 Å². The molecule has 1 saturated heterocycles. The van der Waals surface area contributed by atoms with Gasteiger partial charge in [-0.3, -0.25) is 4.90 Å². The highest BCUT2D eigenvalue weighted by molar-refractivity contribution is 14.0. The Labute approximate surface area is 185 Å². The molecule has 2 N–H and O–H groups in total. The van der Waals surface area contributed by atoms with Gasteiger partial charge in [0.2, 0.25) is 0 Å². The van der Waals surface area contributed by atoms with E-state index in [0.717, 1.165) is 51.9 Å². The van der Waals surface area contributed by atoms with Crippen LogP contribution in [0, 0.1) is 0 Å². The Hall–Kier alpha value is -1.58. The van der Waals surface area contributed by atoms with Crippen molar-refractivity contribution in [3.8, 4) is 0 Å². The third kappa shape index (κ3) is 7.10. The molecule has 6 nitrogen and oxygen atoms in total. The maximum atomic E-state index is 5.46. The molecule has 1 aliphatic heterocycles. The van der Waals surface area contributed by atoms with Crippen LogP contribution in [0.15, 0.2) is 47.7 Å². The Kier molecular flexibility index (Phi) is 9.80. The van der Waals surface area contributed by atoms with Gasteiger partial charge in [-0.15, -0.1) is 24.0 Å². The average Bonchev–Trinajstić information content (AvgIpc) is 3.11. The van der Waals surface area contributed by atoms with Crippen molar-refractivity contribution in [3.05, 3.63) is 59.4 Å². The van der Waals surface area contributed by atoms with Gasteiger partial charge in [0.15, 0.2) is 5.96 Å². The Balaban J connectivity index is 0.00000280. The highest BCUT2D eigenvalue weighted by atomic mass is 127. The fraction of sp³-hybridized carbons (Fsp3) is 0.476. The van der Waals surface area contributed by atoms with E-state index in [-0.39, 0.29) is 24.0 Å². The molecule has 0 radical (unpaired) electrons. The fourth-order valence-electron chi connectivity index (χ4n) is 3.23. The molecule has 1 aromatic carbocycles. The first-order chi connectivity index (χ1) is 13.2. The van der Waals surface area contributed by atoms with E-state index in [1.807, 2.05) is 17.8 Å². The lowest BCUT2D eigenvalue weighted by atomic mass is 10.1. The first kappa shape index (κ1) is 22.7. The first-order valence-electron chi connectivity index (χ1n) is 9.74. The molecular weight excluding hydrogens is 465 g/mol. The van der Waals surface area contributed by atoms with Gasteiger partial charge < -0.3 is 19.9 Å². The van der Waals surface area contributed by atoms with Crippen LogP contribution in [0.5, 0.6) is 0 Å². The number of guanidine groups is 1. The third-order valence-electron chi connectivity index (χ3n) is 4.72. The summed E-state index contributed by atoms with van der Waals surface area (Å²) in [6, 6.07) is 10.7. The molecule has 3 rings (SSSR count). The molecule has 28 heavy (non-hydrogen) atoms. The van der Waals surface area contributed by atoms with Gasteiger partial charge in [0.1, 0.15) is 0 Å². The summed E-state index contributed by atoms with van der Waals surface area (Å²) in [4.78, 5) is 7.17. The number of hydrogen-bond donors (Lipinski definition) is 2. The molecule has 154 valence electrons. The number of rotatable bonds is 7. The summed E-state index contributed by atoms with van der Waals surface area (Å²) >= 11 is 0. The molecule has 0 spiro atoms. The Morgan fingerprint density at radius 2 is 1.86 bits per heavy atom. The van der Waals surface area contributed by atoms with Crippen LogP contribution in [0.4, 0.5) is 0 Å². The van der Waals surface area contributed by atoms with Crippen LogP contribution < -0.4 is 10.6 Å². The molecule has 0 unspecified atom stereocenters. The van der Waals surface area contributed by atoms with E-state index in [2.05, 4.69) is 59.0 Å². The van der Waals surface area contributed by atoms with Crippen molar-refractivity contribution in [3.63, 3.8) is 0 Å². The number of hydrogen-bond acceptors (Lipinski definition) is 3. The predicted octanol–water partition coefficient (Wildman–Crippen LogP) is 2.73. The van der Waals surface area contributed by atoms with Gasteiger partial charge in [-0.05, 0) is 29.7 Å². The molecule has 0 amide bonds. The number of aromatic nitrogens is 1. The van der Waals surface area contributed by atoms with E-state index >= 15 is 0 Å². The van der Waals surface area contributed by atoms with Crippen LogP contribution in [-0.4, -0.2) is 48.3 Å². The minimum Gasteiger partial charge on any atom is -0.379 e. The van der Waals surface area contributed by atoms with E-state index in [1.54, 1.807) is 0 Å². The number of nitrogens with one attached hydrogen (secondary N) is 2. The smallest absolute Gasteiger partial charge is 0.191 e. The second-order valence-electron chi connectivity index (χ2n) is 6.89. The highest BCUT2D eigenvalue weighted by Crippen LogP contribution is 2.13. The number of ether oxygens (including phenoxy) is 1. The summed E-state index contributed by atoms with van der Waals surface area (Å²) in [5, 5.41) is 6.82. The molecule has 0 atom stereocenters. The van der Waals surface area contributed by atoms with Crippen molar-refractivity contribution >= 4 is 29.9 Å². The zero-order valence-electron chi connectivity index (χ0n) is 16.9. The maximum absolute atomic E-state index is 5.46. The van der Waals surface area contributed by atoms with Crippen LogP contribution in [0.1, 0.15) is 23.6 Å². The van der Waals surface area contributed by atoms with E-state index in [1.165, 1.54) is 16.7 Å². The summed E-state index contributed by atoms with van der Waals surface area (Å²) in [6.07, 6.45) is 4.15. The molecule has 7 heteroatoms. The maximum Gasteiger partial charge on any atom is 0.191 e. The highest BCUT2D eigenvalue weighted by Gasteiger charge is 2.12. The Morgan fingerprint density at radius 1 is 1.11 bits per heavy atom. The quantitative estimate of drug-likeness (QED) is 0.351. The van der Waals surface area contributed by atoms with Crippen LogP contribution in [0.2, 0.25) is 0 Å². The third-order valence-corrected chi connectivity index (χ3v) is 4.72. The van der Waals surface area contributed by atoms with E-state index in [4.69, 9.17) is 9.73 Å². The fourth-order valence-corrected chi connectivity index (χ4v) is 3.23. The zero-order valence-corrected chi connectivity index (χ0v) is 19.2. The number of benzene rings is 1. The van der Waals surface area contributed by atoms with Gasteiger partial charge in [-0.25, -0.2) is 4.99 Å². The lowest BCUT2D eigenvalue weighted by molar-refractivity contribution is 0.0341. The Bertz CT molecular complexity index is 740. The summed E-state index contributed by atoms with van der Waals surface area (Å²) in [7, 11) is 2.03. The predicted molar refractivity (Wildman–Crippen MR) is 125 cm³/mol. The number of aliphatic imine (C=N–C) groups is 1. The summed E-state index contributed by atoms with van der Waals surface area (Å²) < 4.78 is 7.51. The number of nitrogens with zero attached hydrogens (tertiary/aromatic N) is 3. The second-order valence-corrected chi connectivity index (χ2v) is 6.89. The van der Waals surface area contributed by atoms with Crippen LogP contribution in [0.25, 0.3) is 0 Å². The van der Waals surface area contributed by atoms with Crippen molar-refractivity contribution in [1.82, 2.24) is 20.1 Å². The molecule has 2 heterocycles. The van der Waals surface area contributed by atoms with Crippen molar-refractivity contribution in [2.45, 2.75) is 26.6 Å². The van der Waals surface area contributed by atoms with Crippen LogP contribution in [0.3, 0.4) is 0 Å². The standard InChI is InChI=1S/C21H31N5O.HI/c1-3-22-21(23-14-18-8-9-25(2)16-18)24-15-19-6-4-5-7-20(19)17-26-10-12-27-13-11-26;/h4-9,16H,3,10-15,17H2,1-2H3,(H2,22,23,24);1H. The first-order valence-corrected chi connectivity index (χ1v) is 9.74. The van der Waals surface area contributed by atoms with Gasteiger partial charge in [0, 0.05) is 52.2 Å². The molecule has 1 aromatic heterocycles. The molecule has 2 aromatic rings. The molecular formula is C21H32IN5O. The molecule has 1 aliphatic rings. The minimum atomic E-state index is 0. The molecule has 1 fully saturated rings. The van der Waals surface area contributed by atoms with E-state index < -0.39 is 0 Å². The van der Waals surface area contributed by atoms with Crippen LogP contribution in [-0.2, 0) is 31.4 Å². The van der Waals surface area contributed by atoms with Crippen molar-refractivity contribution in [2.75, 3.05) is 32.8 Å². The number of aryl methyl sites for hydroxylation is 1. The lowest BCUT2D eigenvalue weighted by Crippen LogP contribution is -2.38.